The first kappa shape index (κ1) is 27.9. The molecule has 0 fully saturated rings. The fraction of sp³-hybridized carbons (Fsp3) is 0. The van der Waals surface area contributed by atoms with Crippen LogP contribution in [-0.4, -0.2) is 0 Å². The molecule has 0 atom stereocenters. The Balaban J connectivity index is 1.27. The monoisotopic (exact) mass is 613 g/mol. The van der Waals surface area contributed by atoms with E-state index in [2.05, 4.69) is 193 Å². The van der Waals surface area contributed by atoms with E-state index in [-0.39, 0.29) is 0 Å². The molecule has 0 aliphatic carbocycles. The zero-order valence-corrected chi connectivity index (χ0v) is 26.3. The van der Waals surface area contributed by atoms with Crippen molar-refractivity contribution < 1.29 is 4.42 Å². The third kappa shape index (κ3) is 4.92. The molecule has 0 aliphatic rings. The molecule has 2 heteroatoms. The third-order valence-corrected chi connectivity index (χ3v) is 9.26. The molecule has 0 spiro atoms. The number of rotatable bonds is 6. The van der Waals surface area contributed by atoms with Crippen LogP contribution < -0.4 is 4.90 Å². The molecule has 0 aliphatic heterocycles. The van der Waals surface area contributed by atoms with E-state index < -0.39 is 0 Å². The molecule has 226 valence electrons. The van der Waals surface area contributed by atoms with Crippen LogP contribution in [0.15, 0.2) is 192 Å². The third-order valence-electron chi connectivity index (χ3n) is 9.26. The van der Waals surface area contributed by atoms with Crippen LogP contribution >= 0.6 is 0 Å². The lowest BCUT2D eigenvalue weighted by Gasteiger charge is -2.26. The van der Waals surface area contributed by atoms with Gasteiger partial charge in [0.2, 0.25) is 0 Å². The minimum atomic E-state index is 0.864. The van der Waals surface area contributed by atoms with E-state index in [9.17, 15) is 0 Å². The van der Waals surface area contributed by atoms with Crippen LogP contribution in [0.3, 0.4) is 0 Å². The summed E-state index contributed by atoms with van der Waals surface area (Å²) >= 11 is 0. The molecule has 1 heterocycles. The zero-order valence-electron chi connectivity index (χ0n) is 26.3. The van der Waals surface area contributed by atoms with Crippen LogP contribution in [-0.2, 0) is 0 Å². The molecule has 2 nitrogen and oxygen atoms in total. The zero-order chi connectivity index (χ0) is 31.9. The van der Waals surface area contributed by atoms with Gasteiger partial charge in [0.15, 0.2) is 0 Å². The molecule has 0 amide bonds. The van der Waals surface area contributed by atoms with Gasteiger partial charge in [0.25, 0.3) is 0 Å². The molecule has 8 aromatic carbocycles. The summed E-state index contributed by atoms with van der Waals surface area (Å²) in [5.41, 5.74) is 12.0. The Kier molecular flexibility index (Phi) is 6.84. The summed E-state index contributed by atoms with van der Waals surface area (Å²) in [6.07, 6.45) is 0. The summed E-state index contributed by atoms with van der Waals surface area (Å²) in [6.45, 7) is 0. The highest BCUT2D eigenvalue weighted by atomic mass is 16.3. The van der Waals surface area contributed by atoms with Crippen molar-refractivity contribution in [3.63, 3.8) is 0 Å². The number of nitrogens with zero attached hydrogens (tertiary/aromatic N) is 1. The molecular weight excluding hydrogens is 583 g/mol. The molecule has 48 heavy (non-hydrogen) atoms. The quantitative estimate of drug-likeness (QED) is 0.185. The number of hydrogen-bond acceptors (Lipinski definition) is 2. The van der Waals surface area contributed by atoms with Gasteiger partial charge in [-0.1, -0.05) is 146 Å². The van der Waals surface area contributed by atoms with Crippen LogP contribution in [0.5, 0.6) is 0 Å². The van der Waals surface area contributed by atoms with Gasteiger partial charge in [0, 0.05) is 33.6 Å². The topological polar surface area (TPSA) is 16.4 Å². The average molecular weight is 614 g/mol. The lowest BCUT2D eigenvalue weighted by atomic mass is 9.95. The molecule has 0 radical (unpaired) electrons. The van der Waals surface area contributed by atoms with E-state index in [1.54, 1.807) is 0 Å². The average Bonchev–Trinajstić information content (AvgIpc) is 3.55. The van der Waals surface area contributed by atoms with Gasteiger partial charge in [0.1, 0.15) is 11.2 Å². The van der Waals surface area contributed by atoms with Crippen LogP contribution in [0.1, 0.15) is 0 Å². The fourth-order valence-corrected chi connectivity index (χ4v) is 6.91. The number of hydrogen-bond donors (Lipinski definition) is 0. The summed E-state index contributed by atoms with van der Waals surface area (Å²) < 4.78 is 6.83. The first-order chi connectivity index (χ1) is 23.8. The summed E-state index contributed by atoms with van der Waals surface area (Å²) in [7, 11) is 0. The van der Waals surface area contributed by atoms with Crippen molar-refractivity contribution in [2.75, 3.05) is 4.90 Å². The number of benzene rings is 8. The lowest BCUT2D eigenvalue weighted by molar-refractivity contribution is 0.673. The summed E-state index contributed by atoms with van der Waals surface area (Å²) in [5.74, 6) is 0. The molecule has 0 saturated carbocycles. The summed E-state index contributed by atoms with van der Waals surface area (Å²) in [4.78, 5) is 2.32. The van der Waals surface area contributed by atoms with Crippen molar-refractivity contribution in [3.8, 4) is 33.4 Å². The largest absolute Gasteiger partial charge is 0.455 e. The highest BCUT2D eigenvalue weighted by molar-refractivity contribution is 6.20. The maximum absolute atomic E-state index is 6.83. The number of furan rings is 1. The van der Waals surface area contributed by atoms with Crippen molar-refractivity contribution in [2.24, 2.45) is 0 Å². The van der Waals surface area contributed by atoms with E-state index in [1.807, 2.05) is 0 Å². The van der Waals surface area contributed by atoms with Crippen molar-refractivity contribution in [2.45, 2.75) is 0 Å². The molecule has 9 rings (SSSR count). The molecule has 9 aromatic rings. The van der Waals surface area contributed by atoms with E-state index in [0.29, 0.717) is 0 Å². The molecule has 0 unspecified atom stereocenters. The lowest BCUT2D eigenvalue weighted by Crippen LogP contribution is -2.10. The van der Waals surface area contributed by atoms with Crippen molar-refractivity contribution >= 4 is 49.8 Å². The van der Waals surface area contributed by atoms with E-state index in [4.69, 9.17) is 4.42 Å². The second-order valence-electron chi connectivity index (χ2n) is 12.2. The highest BCUT2D eigenvalue weighted by Gasteiger charge is 2.20. The second kappa shape index (κ2) is 11.8. The van der Waals surface area contributed by atoms with Gasteiger partial charge in [-0.05, 0) is 75.2 Å². The maximum atomic E-state index is 6.83. The molecule has 0 N–H and O–H groups in total. The number of para-hydroxylation sites is 1. The normalized spacial score (nSPS) is 11.3. The Hall–Kier alpha value is -6.38. The Labute approximate surface area is 279 Å². The van der Waals surface area contributed by atoms with Crippen molar-refractivity contribution in [1.82, 2.24) is 0 Å². The minimum Gasteiger partial charge on any atom is -0.455 e. The Morgan fingerprint density at radius 2 is 0.875 bits per heavy atom. The maximum Gasteiger partial charge on any atom is 0.143 e. The van der Waals surface area contributed by atoms with Crippen LogP contribution in [0.25, 0.3) is 66.1 Å². The van der Waals surface area contributed by atoms with Crippen molar-refractivity contribution in [1.29, 1.82) is 0 Å². The van der Waals surface area contributed by atoms with Gasteiger partial charge < -0.3 is 9.32 Å². The Bertz CT molecular complexity index is 2520. The number of fused-ring (bicyclic) bond motifs is 5. The summed E-state index contributed by atoms with van der Waals surface area (Å²) in [5, 5.41) is 4.53. The smallest absolute Gasteiger partial charge is 0.143 e. The van der Waals surface area contributed by atoms with Gasteiger partial charge in [0.05, 0.1) is 5.69 Å². The SMILES string of the molecule is c1ccc(-c2ccc(-c3cc(N(c4ccccc4)c4ccc(-c5ccccc5)cc4)cc4oc5c6ccccc6ccc5c34)cc2)cc1. The van der Waals surface area contributed by atoms with Crippen LogP contribution in [0.2, 0.25) is 0 Å². The molecule has 1 aromatic heterocycles. The van der Waals surface area contributed by atoms with Crippen LogP contribution in [0, 0.1) is 0 Å². The fourth-order valence-electron chi connectivity index (χ4n) is 6.91. The molecule has 0 bridgehead atoms. The Morgan fingerprint density at radius 1 is 0.354 bits per heavy atom. The highest BCUT2D eigenvalue weighted by Crippen LogP contribution is 2.45. The standard InChI is InChI=1S/C46H31NO/c1-4-12-32(13-5-1)34-20-22-37(23-21-34)43-30-40(31-44-45(43)42-29-26-36-16-10-11-19-41(36)46(42)48-44)47(38-17-8-3-9-18-38)39-27-24-35(25-28-39)33-14-6-2-7-15-33/h1-31H. The first-order valence-corrected chi connectivity index (χ1v) is 16.3. The van der Waals surface area contributed by atoms with Gasteiger partial charge in [-0.25, -0.2) is 0 Å². The predicted octanol–water partition coefficient (Wildman–Crippen LogP) is 13.2. The summed E-state index contributed by atoms with van der Waals surface area (Å²) in [6, 6.07) is 66.8. The molecule has 0 saturated heterocycles. The van der Waals surface area contributed by atoms with Gasteiger partial charge in [-0.3, -0.25) is 0 Å². The molecular formula is C46H31NO. The first-order valence-electron chi connectivity index (χ1n) is 16.3. The van der Waals surface area contributed by atoms with E-state index >= 15 is 0 Å². The van der Waals surface area contributed by atoms with Gasteiger partial charge >= 0.3 is 0 Å². The minimum absolute atomic E-state index is 0.864. The Morgan fingerprint density at radius 3 is 1.54 bits per heavy atom. The second-order valence-corrected chi connectivity index (χ2v) is 12.2. The van der Waals surface area contributed by atoms with Crippen molar-refractivity contribution in [3.05, 3.63) is 188 Å². The van der Waals surface area contributed by atoms with E-state index in [0.717, 1.165) is 55.5 Å². The van der Waals surface area contributed by atoms with Crippen LogP contribution in [0.4, 0.5) is 17.1 Å². The number of anilines is 3. The van der Waals surface area contributed by atoms with Gasteiger partial charge in [-0.15, -0.1) is 0 Å². The van der Waals surface area contributed by atoms with Gasteiger partial charge in [-0.2, -0.15) is 0 Å². The van der Waals surface area contributed by atoms with E-state index in [1.165, 1.54) is 27.6 Å². The predicted molar refractivity (Wildman–Crippen MR) is 202 cm³/mol.